The van der Waals surface area contributed by atoms with Crippen molar-refractivity contribution in [2.45, 2.75) is 24.5 Å². The molecule has 1 heterocycles. The minimum absolute atomic E-state index is 0.0197. The highest BCUT2D eigenvalue weighted by Gasteiger charge is 2.71. The van der Waals surface area contributed by atoms with E-state index in [1.54, 1.807) is 17.0 Å². The topological polar surface area (TPSA) is 69.8 Å². The molecule has 1 saturated heterocycles. The molecule has 33 heavy (non-hydrogen) atoms. The highest BCUT2D eigenvalue weighted by atomic mass is 19.4. The summed E-state index contributed by atoms with van der Waals surface area (Å²) in [6.07, 6.45) is -11.8. The first kappa shape index (κ1) is 25.0. The lowest BCUT2D eigenvalue weighted by Crippen LogP contribution is -2.53. The molecule has 180 valence electrons. The Morgan fingerprint density at radius 3 is 1.70 bits per heavy atom. The molecule has 1 aliphatic rings. The van der Waals surface area contributed by atoms with Crippen LogP contribution >= 0.6 is 0 Å². The lowest BCUT2D eigenvalue weighted by molar-refractivity contribution is -0.376. The Morgan fingerprint density at radius 1 is 0.818 bits per heavy atom. The number of piperazine rings is 1. The van der Waals surface area contributed by atoms with Crippen LogP contribution in [-0.2, 0) is 16.9 Å². The average Bonchev–Trinajstić information content (AvgIpc) is 2.77. The number of rotatable bonds is 5. The number of aliphatic hydroxyl groups is 1. The summed E-state index contributed by atoms with van der Waals surface area (Å²) in [6.45, 7) is 3.17. The van der Waals surface area contributed by atoms with E-state index < -0.39 is 23.5 Å². The van der Waals surface area contributed by atoms with Crippen molar-refractivity contribution in [1.29, 1.82) is 0 Å². The van der Waals surface area contributed by atoms with Gasteiger partial charge in [-0.2, -0.15) is 26.3 Å². The van der Waals surface area contributed by atoms with Crippen LogP contribution in [0.3, 0.4) is 0 Å². The van der Waals surface area contributed by atoms with Gasteiger partial charge in [0.1, 0.15) is 0 Å². The van der Waals surface area contributed by atoms with E-state index in [9.17, 15) is 36.2 Å². The third-order valence-corrected chi connectivity index (χ3v) is 5.72. The third-order valence-electron chi connectivity index (χ3n) is 5.72. The van der Waals surface area contributed by atoms with Crippen LogP contribution in [0.25, 0.3) is 11.1 Å². The standard InChI is InChI=1S/C22H23F6N3O2/c23-21(24,25)20(33,22(26,27)28)18-7-5-17(6-8-18)16-3-1-15(2-4-16)14-30-9-11-31(12-10-30)19(32)13-29/h1-8,33H,9-14,29H2. The number of benzene rings is 2. The van der Waals surface area contributed by atoms with Gasteiger partial charge < -0.3 is 15.7 Å². The van der Waals surface area contributed by atoms with Gasteiger partial charge >= 0.3 is 12.4 Å². The molecule has 0 saturated carbocycles. The molecule has 0 bridgehead atoms. The fourth-order valence-corrected chi connectivity index (χ4v) is 3.74. The zero-order valence-electron chi connectivity index (χ0n) is 17.5. The predicted molar refractivity (Wildman–Crippen MR) is 109 cm³/mol. The zero-order chi connectivity index (χ0) is 24.4. The summed E-state index contributed by atoms with van der Waals surface area (Å²) >= 11 is 0. The molecule has 3 rings (SSSR count). The Kier molecular flexibility index (Phi) is 7.06. The van der Waals surface area contributed by atoms with Crippen molar-refractivity contribution < 1.29 is 36.2 Å². The maximum absolute atomic E-state index is 13.0. The fourth-order valence-electron chi connectivity index (χ4n) is 3.74. The van der Waals surface area contributed by atoms with Crippen LogP contribution in [0.1, 0.15) is 11.1 Å². The summed E-state index contributed by atoms with van der Waals surface area (Å²) in [5.74, 6) is -0.0890. The number of halogens is 6. The van der Waals surface area contributed by atoms with E-state index in [1.807, 2.05) is 12.1 Å². The van der Waals surface area contributed by atoms with Crippen LogP contribution in [-0.4, -0.2) is 65.9 Å². The third kappa shape index (κ3) is 5.15. The number of hydrogen-bond donors (Lipinski definition) is 2. The molecule has 0 aliphatic carbocycles. The maximum atomic E-state index is 13.0. The number of alkyl halides is 6. The van der Waals surface area contributed by atoms with Crippen LogP contribution in [0.15, 0.2) is 48.5 Å². The van der Waals surface area contributed by atoms with Crippen molar-refractivity contribution >= 4 is 5.91 Å². The monoisotopic (exact) mass is 475 g/mol. The van der Waals surface area contributed by atoms with Crippen LogP contribution in [0, 0.1) is 0 Å². The molecule has 5 nitrogen and oxygen atoms in total. The van der Waals surface area contributed by atoms with Crippen LogP contribution in [0.5, 0.6) is 0 Å². The maximum Gasteiger partial charge on any atom is 0.430 e. The highest BCUT2D eigenvalue weighted by molar-refractivity contribution is 5.78. The summed E-state index contributed by atoms with van der Waals surface area (Å²) in [6, 6.07) is 10.6. The van der Waals surface area contributed by atoms with Crippen LogP contribution in [0.2, 0.25) is 0 Å². The quantitative estimate of drug-likeness (QED) is 0.652. The number of carbonyl (C=O) groups excluding carboxylic acids is 1. The molecular weight excluding hydrogens is 452 g/mol. The van der Waals surface area contributed by atoms with Gasteiger partial charge in [-0.3, -0.25) is 9.69 Å². The van der Waals surface area contributed by atoms with Gasteiger partial charge in [-0.15, -0.1) is 0 Å². The Hall–Kier alpha value is -2.63. The first-order chi connectivity index (χ1) is 15.4. The van der Waals surface area contributed by atoms with Gasteiger partial charge in [-0.1, -0.05) is 48.5 Å². The second-order valence-electron chi connectivity index (χ2n) is 7.84. The largest absolute Gasteiger partial charge is 0.430 e. The normalized spacial score (nSPS) is 16.2. The summed E-state index contributed by atoms with van der Waals surface area (Å²) in [5, 5.41) is 9.49. The number of hydrogen-bond acceptors (Lipinski definition) is 4. The first-order valence-corrected chi connectivity index (χ1v) is 10.1. The molecular formula is C22H23F6N3O2. The van der Waals surface area contributed by atoms with Crippen molar-refractivity contribution in [1.82, 2.24) is 9.80 Å². The summed E-state index contributed by atoms with van der Waals surface area (Å²) in [4.78, 5) is 15.5. The lowest BCUT2D eigenvalue weighted by Gasteiger charge is -2.34. The SMILES string of the molecule is NCC(=O)N1CCN(Cc2ccc(-c3ccc(C(O)(C(F)(F)F)C(F)(F)F)cc3)cc2)CC1. The van der Waals surface area contributed by atoms with Crippen molar-refractivity contribution in [3.8, 4) is 11.1 Å². The molecule has 2 aromatic carbocycles. The fraction of sp³-hybridized carbons (Fsp3) is 0.409. The van der Waals surface area contributed by atoms with E-state index in [0.29, 0.717) is 56.0 Å². The van der Waals surface area contributed by atoms with E-state index in [2.05, 4.69) is 4.90 Å². The van der Waals surface area contributed by atoms with Crippen molar-refractivity contribution in [2.75, 3.05) is 32.7 Å². The molecule has 1 fully saturated rings. The molecule has 1 aliphatic heterocycles. The smallest absolute Gasteiger partial charge is 0.369 e. The minimum atomic E-state index is -5.92. The molecule has 0 unspecified atom stereocenters. The molecule has 0 spiro atoms. The van der Waals surface area contributed by atoms with Crippen molar-refractivity contribution in [2.24, 2.45) is 5.73 Å². The Labute approximate surface area is 186 Å². The molecule has 0 aromatic heterocycles. The zero-order valence-corrected chi connectivity index (χ0v) is 17.5. The molecule has 2 aromatic rings. The van der Waals surface area contributed by atoms with E-state index in [0.717, 1.165) is 17.7 Å². The van der Waals surface area contributed by atoms with Gasteiger partial charge in [0.05, 0.1) is 6.54 Å². The van der Waals surface area contributed by atoms with E-state index in [-0.39, 0.29) is 12.5 Å². The van der Waals surface area contributed by atoms with Crippen LogP contribution < -0.4 is 5.73 Å². The predicted octanol–water partition coefficient (Wildman–Crippen LogP) is 3.27. The van der Waals surface area contributed by atoms with Crippen molar-refractivity contribution in [3.63, 3.8) is 0 Å². The molecule has 0 atom stereocenters. The summed E-state index contributed by atoms with van der Waals surface area (Å²) in [5.41, 5.74) is 1.12. The van der Waals surface area contributed by atoms with Gasteiger partial charge in [0.2, 0.25) is 5.91 Å². The van der Waals surface area contributed by atoms with Gasteiger partial charge in [0, 0.05) is 38.3 Å². The number of amides is 1. The van der Waals surface area contributed by atoms with Crippen LogP contribution in [0.4, 0.5) is 26.3 Å². The second-order valence-corrected chi connectivity index (χ2v) is 7.84. The Bertz CT molecular complexity index is 936. The van der Waals surface area contributed by atoms with Gasteiger partial charge in [0.15, 0.2) is 0 Å². The van der Waals surface area contributed by atoms with Crippen molar-refractivity contribution in [3.05, 3.63) is 59.7 Å². The Morgan fingerprint density at radius 2 is 1.27 bits per heavy atom. The molecule has 3 N–H and O–H groups in total. The highest BCUT2D eigenvalue weighted by Crippen LogP contribution is 2.50. The Balaban J connectivity index is 1.69. The van der Waals surface area contributed by atoms with E-state index in [1.165, 1.54) is 0 Å². The summed E-state index contributed by atoms with van der Waals surface area (Å²) < 4.78 is 78.2. The minimum Gasteiger partial charge on any atom is -0.369 e. The van der Waals surface area contributed by atoms with E-state index >= 15 is 0 Å². The number of carbonyl (C=O) groups is 1. The van der Waals surface area contributed by atoms with E-state index in [4.69, 9.17) is 5.73 Å². The molecule has 0 radical (unpaired) electrons. The van der Waals surface area contributed by atoms with Gasteiger partial charge in [0.25, 0.3) is 5.60 Å². The summed E-state index contributed by atoms with van der Waals surface area (Å²) in [7, 11) is 0. The van der Waals surface area contributed by atoms with Gasteiger partial charge in [-0.05, 0) is 16.7 Å². The molecule has 11 heteroatoms. The number of nitrogens with two attached hydrogens (primary N) is 1. The second kappa shape index (κ2) is 9.32. The number of nitrogens with zero attached hydrogens (tertiary/aromatic N) is 2. The van der Waals surface area contributed by atoms with Gasteiger partial charge in [-0.25, -0.2) is 0 Å². The lowest BCUT2D eigenvalue weighted by atomic mass is 9.90. The molecule has 1 amide bonds. The first-order valence-electron chi connectivity index (χ1n) is 10.1. The average molecular weight is 475 g/mol.